The summed E-state index contributed by atoms with van der Waals surface area (Å²) in [7, 11) is 1.73. The molecule has 7 nitrogen and oxygen atoms in total. The lowest BCUT2D eigenvalue weighted by Crippen LogP contribution is -2.19. The molecule has 0 atom stereocenters. The fourth-order valence-corrected chi connectivity index (χ4v) is 5.82. The normalized spacial score (nSPS) is 11.6. The van der Waals surface area contributed by atoms with Crippen LogP contribution in [-0.2, 0) is 12.8 Å². The van der Waals surface area contributed by atoms with E-state index in [1.807, 2.05) is 40.2 Å². The monoisotopic (exact) mass is 484 g/mol. The summed E-state index contributed by atoms with van der Waals surface area (Å²) < 4.78 is 6.41. The average molecular weight is 485 g/mol. The summed E-state index contributed by atoms with van der Waals surface area (Å²) >= 11 is 3.04. The first-order valence-corrected chi connectivity index (χ1v) is 12.6. The Balaban J connectivity index is 1.44. The molecule has 34 heavy (non-hydrogen) atoms. The van der Waals surface area contributed by atoms with Gasteiger partial charge in [-0.15, -0.1) is 21.5 Å². The number of benzene rings is 2. The van der Waals surface area contributed by atoms with Gasteiger partial charge in [0.1, 0.15) is 10.5 Å². The number of imidazole rings is 1. The van der Waals surface area contributed by atoms with Crippen molar-refractivity contribution >= 4 is 39.1 Å². The van der Waals surface area contributed by atoms with Crippen LogP contribution in [0.2, 0.25) is 0 Å². The Morgan fingerprint density at radius 2 is 1.79 bits per heavy atom. The van der Waals surface area contributed by atoms with Crippen molar-refractivity contribution in [1.29, 1.82) is 0 Å². The molecule has 9 heteroatoms. The number of rotatable bonds is 5. The fraction of sp³-hybridized carbons (Fsp3) is 0.120. The van der Waals surface area contributed by atoms with E-state index in [1.54, 1.807) is 23.4 Å². The molecule has 4 aromatic heterocycles. The molecule has 0 fully saturated rings. The van der Waals surface area contributed by atoms with Gasteiger partial charge < -0.3 is 0 Å². The minimum atomic E-state index is -0.0495. The molecule has 4 heterocycles. The Morgan fingerprint density at radius 3 is 2.59 bits per heavy atom. The molecule has 0 aliphatic heterocycles. The van der Waals surface area contributed by atoms with E-state index in [0.29, 0.717) is 16.2 Å². The highest BCUT2D eigenvalue weighted by molar-refractivity contribution is 7.98. The van der Waals surface area contributed by atoms with Crippen LogP contribution in [0.1, 0.15) is 11.4 Å². The fourth-order valence-electron chi connectivity index (χ4n) is 4.07. The summed E-state index contributed by atoms with van der Waals surface area (Å²) in [6.45, 7) is 2.08. The molecule has 2 aromatic carbocycles. The second-order valence-corrected chi connectivity index (χ2v) is 9.86. The number of hydrogen-bond donors (Lipinski definition) is 0. The molecule has 0 saturated carbocycles. The van der Waals surface area contributed by atoms with E-state index < -0.39 is 0 Å². The average Bonchev–Trinajstić information content (AvgIpc) is 3.60. The SMILES string of the molecule is Cc1ccc(-n2c(-c3ccccc3)cnc2SCc2nnc3n(C)c(=O)c4sccc4n23)cc1. The van der Waals surface area contributed by atoms with Crippen LogP contribution in [0.4, 0.5) is 0 Å². The summed E-state index contributed by atoms with van der Waals surface area (Å²) in [4.78, 5) is 17.4. The number of aryl methyl sites for hydroxylation is 2. The van der Waals surface area contributed by atoms with Gasteiger partial charge in [0, 0.05) is 18.3 Å². The molecule has 6 aromatic rings. The van der Waals surface area contributed by atoms with E-state index in [2.05, 4.69) is 58.1 Å². The molecule has 0 spiro atoms. The van der Waals surface area contributed by atoms with Crippen molar-refractivity contribution in [2.45, 2.75) is 17.8 Å². The van der Waals surface area contributed by atoms with Gasteiger partial charge in [-0.25, -0.2) is 4.98 Å². The van der Waals surface area contributed by atoms with Crippen LogP contribution in [0.15, 0.2) is 82.2 Å². The first-order chi connectivity index (χ1) is 16.6. The van der Waals surface area contributed by atoms with Gasteiger partial charge in [-0.2, -0.15) is 0 Å². The van der Waals surface area contributed by atoms with Crippen molar-refractivity contribution in [1.82, 2.24) is 28.7 Å². The predicted octanol–water partition coefficient (Wildman–Crippen LogP) is 5.10. The van der Waals surface area contributed by atoms with Crippen LogP contribution < -0.4 is 5.56 Å². The second kappa shape index (κ2) is 8.27. The number of aromatic nitrogens is 6. The Bertz CT molecular complexity index is 1690. The third-order valence-corrected chi connectivity index (χ3v) is 7.66. The maximum Gasteiger partial charge on any atom is 0.272 e. The van der Waals surface area contributed by atoms with Crippen LogP contribution >= 0.6 is 23.1 Å². The molecule has 0 bridgehead atoms. The Kier molecular flexibility index (Phi) is 5.08. The van der Waals surface area contributed by atoms with E-state index >= 15 is 0 Å². The van der Waals surface area contributed by atoms with Crippen molar-refractivity contribution in [2.24, 2.45) is 7.05 Å². The van der Waals surface area contributed by atoms with Crippen molar-refractivity contribution in [2.75, 3.05) is 0 Å². The van der Waals surface area contributed by atoms with Gasteiger partial charge in [-0.1, -0.05) is 59.8 Å². The van der Waals surface area contributed by atoms with E-state index in [9.17, 15) is 4.79 Å². The molecule has 0 unspecified atom stereocenters. The molecular weight excluding hydrogens is 464 g/mol. The Morgan fingerprint density at radius 1 is 1.00 bits per heavy atom. The zero-order valence-corrected chi connectivity index (χ0v) is 20.2. The lowest BCUT2D eigenvalue weighted by Gasteiger charge is -2.12. The van der Waals surface area contributed by atoms with Crippen molar-refractivity contribution < 1.29 is 0 Å². The van der Waals surface area contributed by atoms with Gasteiger partial charge in [-0.3, -0.25) is 18.3 Å². The molecule has 0 N–H and O–H groups in total. The minimum absolute atomic E-state index is 0.0495. The summed E-state index contributed by atoms with van der Waals surface area (Å²) in [6.07, 6.45) is 1.92. The largest absolute Gasteiger partial charge is 0.287 e. The van der Waals surface area contributed by atoms with Gasteiger partial charge in [0.05, 0.1) is 23.2 Å². The molecule has 0 aliphatic rings. The van der Waals surface area contributed by atoms with E-state index in [4.69, 9.17) is 4.98 Å². The van der Waals surface area contributed by atoms with Crippen molar-refractivity contribution in [3.05, 3.63) is 94.0 Å². The van der Waals surface area contributed by atoms with Crippen molar-refractivity contribution in [3.8, 4) is 16.9 Å². The third-order valence-electron chi connectivity index (χ3n) is 5.82. The van der Waals surface area contributed by atoms with Crippen LogP contribution in [-0.4, -0.2) is 28.7 Å². The number of thiophene rings is 1. The molecule has 6 rings (SSSR count). The van der Waals surface area contributed by atoms with Gasteiger partial charge >= 0.3 is 0 Å². The number of thioether (sulfide) groups is 1. The maximum absolute atomic E-state index is 12.6. The van der Waals surface area contributed by atoms with E-state index in [1.165, 1.54) is 16.9 Å². The molecule has 0 radical (unpaired) electrons. The number of hydrogen-bond acceptors (Lipinski definition) is 6. The lowest BCUT2D eigenvalue weighted by molar-refractivity contribution is 0.860. The van der Waals surface area contributed by atoms with Crippen LogP contribution in [0.3, 0.4) is 0 Å². The molecule has 0 saturated heterocycles. The predicted molar refractivity (Wildman–Crippen MR) is 137 cm³/mol. The highest BCUT2D eigenvalue weighted by atomic mass is 32.2. The number of fused-ring (bicyclic) bond motifs is 3. The standard InChI is InChI=1S/C25H20N6OS2/c1-16-8-10-18(11-9-16)30-20(17-6-4-3-5-7-17)14-26-25(30)34-15-21-27-28-24-29(2)23(32)22-19(31(21)24)12-13-33-22/h3-14H,15H2,1-2H3. The first-order valence-electron chi connectivity index (χ1n) is 10.7. The zero-order chi connectivity index (χ0) is 23.2. The van der Waals surface area contributed by atoms with Gasteiger partial charge in [0.2, 0.25) is 5.78 Å². The van der Waals surface area contributed by atoms with Crippen molar-refractivity contribution in [3.63, 3.8) is 0 Å². The van der Waals surface area contributed by atoms with Gasteiger partial charge in [0.15, 0.2) is 5.16 Å². The molecule has 0 aliphatic carbocycles. The first kappa shape index (κ1) is 20.9. The van der Waals surface area contributed by atoms with Gasteiger partial charge in [0.25, 0.3) is 5.56 Å². The molecular formula is C25H20N6OS2. The summed E-state index contributed by atoms with van der Waals surface area (Å²) in [5.74, 6) is 1.87. The van der Waals surface area contributed by atoms with E-state index in [-0.39, 0.29) is 5.56 Å². The molecule has 0 amide bonds. The van der Waals surface area contributed by atoms with Crippen LogP contribution in [0.25, 0.3) is 32.9 Å². The van der Waals surface area contributed by atoms with E-state index in [0.717, 1.165) is 33.4 Å². The highest BCUT2D eigenvalue weighted by Gasteiger charge is 2.18. The van der Waals surface area contributed by atoms with Crippen LogP contribution in [0.5, 0.6) is 0 Å². The smallest absolute Gasteiger partial charge is 0.272 e. The maximum atomic E-state index is 12.6. The third kappa shape index (κ3) is 3.36. The minimum Gasteiger partial charge on any atom is -0.287 e. The Labute approximate surface area is 203 Å². The Hall–Kier alpha value is -3.69. The quantitative estimate of drug-likeness (QED) is 0.319. The van der Waals surface area contributed by atoms with Gasteiger partial charge in [-0.05, 0) is 30.5 Å². The lowest BCUT2D eigenvalue weighted by atomic mass is 10.1. The topological polar surface area (TPSA) is 70.0 Å². The molecule has 168 valence electrons. The zero-order valence-electron chi connectivity index (χ0n) is 18.5. The second-order valence-electron chi connectivity index (χ2n) is 8.00. The van der Waals surface area contributed by atoms with Crippen LogP contribution in [0, 0.1) is 6.92 Å². The summed E-state index contributed by atoms with van der Waals surface area (Å²) in [6, 6.07) is 20.7. The summed E-state index contributed by atoms with van der Waals surface area (Å²) in [5.41, 5.74) is 5.19. The summed E-state index contributed by atoms with van der Waals surface area (Å²) in [5, 5.41) is 11.5. The number of nitrogens with zero attached hydrogens (tertiary/aromatic N) is 6. The highest BCUT2D eigenvalue weighted by Crippen LogP contribution is 2.32.